The molecule has 0 heterocycles. The van der Waals surface area contributed by atoms with Crippen molar-refractivity contribution in [2.24, 2.45) is 11.3 Å². The predicted molar refractivity (Wildman–Crippen MR) is 81.9 cm³/mol. The van der Waals surface area contributed by atoms with Gasteiger partial charge in [-0.15, -0.1) is 0 Å². The first-order valence-electron chi connectivity index (χ1n) is 6.43. The van der Waals surface area contributed by atoms with Gasteiger partial charge in [-0.05, 0) is 30.0 Å². The Labute approximate surface area is 124 Å². The summed E-state index contributed by atoms with van der Waals surface area (Å²) in [5, 5.41) is 3.39. The molecule has 0 spiro atoms. The zero-order valence-electron chi connectivity index (χ0n) is 12.1. The Morgan fingerprint density at radius 1 is 1.45 bits per heavy atom. The summed E-state index contributed by atoms with van der Waals surface area (Å²) < 4.78 is 5.06. The van der Waals surface area contributed by atoms with Gasteiger partial charge in [-0.2, -0.15) is 0 Å². The maximum Gasteiger partial charge on any atom is 0.253 e. The van der Waals surface area contributed by atoms with Crippen molar-refractivity contribution in [2.45, 2.75) is 20.3 Å². The fourth-order valence-electron chi connectivity index (χ4n) is 1.71. The molecular formula is C14H22ClN3O2. The average molecular weight is 300 g/mol. The van der Waals surface area contributed by atoms with E-state index >= 15 is 0 Å². The molecule has 0 fully saturated rings. The van der Waals surface area contributed by atoms with E-state index in [1.165, 1.54) is 0 Å². The van der Waals surface area contributed by atoms with E-state index in [-0.39, 0.29) is 11.3 Å². The van der Waals surface area contributed by atoms with Crippen LogP contribution in [0.5, 0.6) is 0 Å². The normalized spacial score (nSPS) is 11.2. The molecule has 1 aromatic carbocycles. The molecule has 112 valence electrons. The number of carbonyl (C=O) groups is 1. The monoisotopic (exact) mass is 299 g/mol. The molecule has 0 saturated carbocycles. The molecule has 0 aromatic heterocycles. The lowest BCUT2D eigenvalue weighted by Crippen LogP contribution is -2.35. The molecule has 1 amide bonds. The van der Waals surface area contributed by atoms with Crippen LogP contribution in [0.1, 0.15) is 30.6 Å². The number of ether oxygens (including phenoxy) is 1. The van der Waals surface area contributed by atoms with Crippen LogP contribution >= 0.6 is 11.6 Å². The van der Waals surface area contributed by atoms with Gasteiger partial charge in [-0.25, -0.2) is 0 Å². The highest BCUT2D eigenvalue weighted by Crippen LogP contribution is 2.22. The van der Waals surface area contributed by atoms with Gasteiger partial charge in [0.2, 0.25) is 0 Å². The molecule has 0 saturated heterocycles. The standard InChI is InChI=1S/C14H22ClN3O2/c1-14(2,6-7-20-3)9-17-13(19)11-8-10(15)4-5-12(11)18-16/h4-5,8,18H,6-7,9,16H2,1-3H3,(H,17,19). The Kier molecular flexibility index (Phi) is 6.26. The number of amides is 1. The van der Waals surface area contributed by atoms with Gasteiger partial charge in [0.05, 0.1) is 11.3 Å². The summed E-state index contributed by atoms with van der Waals surface area (Å²) in [7, 11) is 1.67. The molecule has 0 aliphatic rings. The smallest absolute Gasteiger partial charge is 0.253 e. The van der Waals surface area contributed by atoms with Crippen molar-refractivity contribution in [3.8, 4) is 0 Å². The van der Waals surface area contributed by atoms with E-state index in [1.54, 1.807) is 25.3 Å². The first-order valence-corrected chi connectivity index (χ1v) is 6.81. The number of carbonyl (C=O) groups excluding carboxylic acids is 1. The van der Waals surface area contributed by atoms with Crippen LogP contribution in [-0.2, 0) is 4.74 Å². The van der Waals surface area contributed by atoms with Gasteiger partial charge in [0.15, 0.2) is 0 Å². The van der Waals surface area contributed by atoms with E-state index in [0.29, 0.717) is 29.4 Å². The first kappa shape index (κ1) is 16.8. The van der Waals surface area contributed by atoms with Crippen LogP contribution in [0.4, 0.5) is 5.69 Å². The van der Waals surface area contributed by atoms with Crippen molar-refractivity contribution in [1.29, 1.82) is 0 Å². The molecule has 0 atom stereocenters. The zero-order chi connectivity index (χ0) is 15.2. The van der Waals surface area contributed by atoms with Gasteiger partial charge >= 0.3 is 0 Å². The topological polar surface area (TPSA) is 76.4 Å². The molecule has 1 aromatic rings. The number of rotatable bonds is 7. The highest BCUT2D eigenvalue weighted by atomic mass is 35.5. The number of nitrogens with one attached hydrogen (secondary N) is 2. The van der Waals surface area contributed by atoms with E-state index in [0.717, 1.165) is 6.42 Å². The number of halogens is 1. The second-order valence-electron chi connectivity index (χ2n) is 5.42. The highest BCUT2D eigenvalue weighted by Gasteiger charge is 2.20. The number of hydrazine groups is 1. The van der Waals surface area contributed by atoms with Gasteiger partial charge in [0.1, 0.15) is 0 Å². The lowest BCUT2D eigenvalue weighted by Gasteiger charge is -2.24. The second-order valence-corrected chi connectivity index (χ2v) is 5.86. The second kappa shape index (κ2) is 7.47. The first-order chi connectivity index (χ1) is 9.39. The van der Waals surface area contributed by atoms with Crippen LogP contribution < -0.4 is 16.6 Å². The van der Waals surface area contributed by atoms with Crippen molar-refractivity contribution in [3.63, 3.8) is 0 Å². The lowest BCUT2D eigenvalue weighted by molar-refractivity contribution is 0.0921. The largest absolute Gasteiger partial charge is 0.385 e. The number of methoxy groups -OCH3 is 1. The Morgan fingerprint density at radius 2 is 2.15 bits per heavy atom. The van der Waals surface area contributed by atoms with E-state index in [2.05, 4.69) is 24.6 Å². The van der Waals surface area contributed by atoms with Crippen molar-refractivity contribution in [3.05, 3.63) is 28.8 Å². The van der Waals surface area contributed by atoms with Gasteiger partial charge < -0.3 is 15.5 Å². The maximum atomic E-state index is 12.2. The summed E-state index contributed by atoms with van der Waals surface area (Å²) in [6.45, 7) is 5.36. The Balaban J connectivity index is 2.69. The number of benzene rings is 1. The van der Waals surface area contributed by atoms with Crippen LogP contribution in [0.15, 0.2) is 18.2 Å². The lowest BCUT2D eigenvalue weighted by atomic mass is 9.89. The van der Waals surface area contributed by atoms with Crippen molar-refractivity contribution < 1.29 is 9.53 Å². The van der Waals surface area contributed by atoms with Gasteiger partial charge in [0, 0.05) is 25.3 Å². The van der Waals surface area contributed by atoms with Gasteiger partial charge in [-0.3, -0.25) is 10.6 Å². The summed E-state index contributed by atoms with van der Waals surface area (Å²) in [6, 6.07) is 4.94. The van der Waals surface area contributed by atoms with Crippen molar-refractivity contribution >= 4 is 23.2 Å². The number of hydrogen-bond acceptors (Lipinski definition) is 4. The van der Waals surface area contributed by atoms with Crippen LogP contribution in [0.25, 0.3) is 0 Å². The zero-order valence-corrected chi connectivity index (χ0v) is 12.9. The van der Waals surface area contributed by atoms with E-state index in [1.807, 2.05) is 0 Å². The van der Waals surface area contributed by atoms with Crippen LogP contribution in [-0.4, -0.2) is 26.2 Å². The molecule has 20 heavy (non-hydrogen) atoms. The average Bonchev–Trinajstić information content (AvgIpc) is 2.42. The number of nitrogens with two attached hydrogens (primary N) is 1. The van der Waals surface area contributed by atoms with Gasteiger partial charge in [-0.1, -0.05) is 25.4 Å². The van der Waals surface area contributed by atoms with Crippen LogP contribution in [0.2, 0.25) is 5.02 Å². The molecule has 0 aliphatic heterocycles. The fourth-order valence-corrected chi connectivity index (χ4v) is 1.88. The summed E-state index contributed by atoms with van der Waals surface area (Å²) in [6.07, 6.45) is 0.862. The molecule has 0 bridgehead atoms. The summed E-state index contributed by atoms with van der Waals surface area (Å²) in [5.41, 5.74) is 3.43. The summed E-state index contributed by atoms with van der Waals surface area (Å²) in [4.78, 5) is 12.2. The molecule has 1 rings (SSSR count). The minimum atomic E-state index is -0.203. The van der Waals surface area contributed by atoms with Gasteiger partial charge in [0.25, 0.3) is 5.91 Å². The van der Waals surface area contributed by atoms with Crippen molar-refractivity contribution in [1.82, 2.24) is 5.32 Å². The number of nitrogen functional groups attached to an aromatic ring is 1. The predicted octanol–water partition coefficient (Wildman–Crippen LogP) is 2.42. The molecule has 6 heteroatoms. The quantitative estimate of drug-likeness (QED) is 0.534. The van der Waals surface area contributed by atoms with Crippen molar-refractivity contribution in [2.75, 3.05) is 25.7 Å². The van der Waals surface area contributed by atoms with Crippen LogP contribution in [0.3, 0.4) is 0 Å². The molecule has 4 N–H and O–H groups in total. The molecule has 0 aliphatic carbocycles. The van der Waals surface area contributed by atoms with E-state index in [9.17, 15) is 4.79 Å². The summed E-state index contributed by atoms with van der Waals surface area (Å²) in [5.74, 6) is 5.19. The Hall–Kier alpha value is -1.30. The summed E-state index contributed by atoms with van der Waals surface area (Å²) >= 11 is 5.91. The SMILES string of the molecule is COCCC(C)(C)CNC(=O)c1cc(Cl)ccc1NN. The molecule has 0 radical (unpaired) electrons. The van der Waals surface area contributed by atoms with Crippen LogP contribution in [0, 0.1) is 5.41 Å². The van der Waals surface area contributed by atoms with E-state index in [4.69, 9.17) is 22.2 Å². The minimum absolute atomic E-state index is 0.0411. The minimum Gasteiger partial charge on any atom is -0.385 e. The highest BCUT2D eigenvalue weighted by molar-refractivity contribution is 6.31. The number of anilines is 1. The number of hydrogen-bond donors (Lipinski definition) is 3. The Morgan fingerprint density at radius 3 is 2.75 bits per heavy atom. The Bertz CT molecular complexity index is 464. The third-order valence-corrected chi connectivity index (χ3v) is 3.33. The molecule has 5 nitrogen and oxygen atoms in total. The maximum absolute atomic E-state index is 12.2. The molecule has 0 unspecified atom stereocenters. The third kappa shape index (κ3) is 5.00. The fraction of sp³-hybridized carbons (Fsp3) is 0.500. The third-order valence-electron chi connectivity index (χ3n) is 3.09. The van der Waals surface area contributed by atoms with E-state index < -0.39 is 0 Å². The molecular weight excluding hydrogens is 278 g/mol.